The summed E-state index contributed by atoms with van der Waals surface area (Å²) in [7, 11) is 0. The van der Waals surface area contributed by atoms with E-state index in [0.29, 0.717) is 25.8 Å². The third kappa shape index (κ3) is 20.9. The highest BCUT2D eigenvalue weighted by Gasteiger charge is 2.57. The monoisotopic (exact) mass is 1500 g/mol. The summed E-state index contributed by atoms with van der Waals surface area (Å²) >= 11 is 0. The Morgan fingerprint density at radius 3 is 1.12 bits per heavy atom. The third-order valence-electron chi connectivity index (χ3n) is 21.7. The molecule has 0 radical (unpaired) electrons. The van der Waals surface area contributed by atoms with Crippen molar-refractivity contribution < 1.29 is 122 Å². The molecule has 590 valence electrons. The summed E-state index contributed by atoms with van der Waals surface area (Å²) in [6, 6.07) is 42.5. The second-order valence-electron chi connectivity index (χ2n) is 29.3. The van der Waals surface area contributed by atoms with Crippen molar-refractivity contribution in [3.8, 4) is 0 Å². The van der Waals surface area contributed by atoms with Crippen molar-refractivity contribution in [2.75, 3.05) is 52.8 Å². The predicted molar refractivity (Wildman–Crippen MR) is 383 cm³/mol. The van der Waals surface area contributed by atoms with Crippen LogP contribution >= 0.6 is 0 Å². The molecule has 30 atom stereocenters. The molecule has 107 heavy (non-hydrogen) atoms. The Kier molecular flexibility index (Phi) is 31.1. The molecule has 0 aromatic heterocycles. The van der Waals surface area contributed by atoms with Gasteiger partial charge in [0.1, 0.15) is 54.9 Å². The van der Waals surface area contributed by atoms with Crippen LogP contribution in [0.25, 0.3) is 21.2 Å². The minimum atomic E-state index is -1.68. The molecule has 5 aromatic carbocycles. The highest BCUT2D eigenvalue weighted by atomic mass is 16.8. The van der Waals surface area contributed by atoms with E-state index >= 15 is 0 Å². The summed E-state index contributed by atoms with van der Waals surface area (Å²) in [5.74, 6) is -4.47. The summed E-state index contributed by atoms with van der Waals surface area (Å²) in [4.78, 5) is 2.82. The summed E-state index contributed by atoms with van der Waals surface area (Å²) in [5, 5.41) is 112. The first-order valence-corrected chi connectivity index (χ1v) is 37.6. The number of hydrogen-bond donors (Lipinski definition) is 9. The number of nitrogens with zero attached hydrogens (tertiary/aromatic N) is 3. The van der Waals surface area contributed by atoms with Gasteiger partial charge >= 0.3 is 0 Å². The van der Waals surface area contributed by atoms with E-state index in [2.05, 4.69) is 10.0 Å². The Labute approximate surface area is 624 Å². The van der Waals surface area contributed by atoms with Crippen molar-refractivity contribution in [3.63, 3.8) is 0 Å². The number of unbranched alkanes of at least 4 members (excludes halogenated alkanes) is 2. The van der Waals surface area contributed by atoms with Gasteiger partial charge in [0.15, 0.2) is 37.7 Å². The quantitative estimate of drug-likeness (QED) is 0.00956. The van der Waals surface area contributed by atoms with Gasteiger partial charge in [-0.05, 0) is 57.5 Å². The molecule has 0 aliphatic carbocycles. The van der Waals surface area contributed by atoms with Gasteiger partial charge in [-0.15, -0.1) is 0 Å². The lowest BCUT2D eigenvalue weighted by molar-refractivity contribution is -0.386. The van der Waals surface area contributed by atoms with Gasteiger partial charge in [-0.1, -0.05) is 180 Å². The number of aliphatic hydroxyl groups is 9. The zero-order chi connectivity index (χ0) is 75.7. The Balaban J connectivity index is 0.818. The minimum Gasteiger partial charge on any atom is -0.394 e. The summed E-state index contributed by atoms with van der Waals surface area (Å²) in [6.07, 6.45) is -28.5. The first-order chi connectivity index (χ1) is 51.9. The lowest BCUT2D eigenvalue weighted by atomic mass is 9.87. The van der Waals surface area contributed by atoms with Crippen LogP contribution in [0.5, 0.6) is 0 Å². The van der Waals surface area contributed by atoms with E-state index < -0.39 is 203 Å². The fraction of sp³-hybridized carbons (Fsp3) is 0.646. The third-order valence-corrected chi connectivity index (χ3v) is 21.7. The van der Waals surface area contributed by atoms with Crippen molar-refractivity contribution in [1.29, 1.82) is 0 Å². The average molecular weight is 1500 g/mol. The number of ether oxygens (including phenoxy) is 16. The van der Waals surface area contributed by atoms with Gasteiger partial charge in [0.25, 0.3) is 0 Å². The lowest BCUT2D eigenvalue weighted by Crippen LogP contribution is -2.65. The van der Waals surface area contributed by atoms with Crippen molar-refractivity contribution in [1.82, 2.24) is 0 Å². The van der Waals surface area contributed by atoms with Crippen LogP contribution in [0.2, 0.25) is 0 Å². The van der Waals surface area contributed by atoms with Gasteiger partial charge in [-0.3, -0.25) is 0 Å². The van der Waals surface area contributed by atoms with Crippen LogP contribution in [-0.4, -0.2) is 246 Å². The molecule has 28 heteroatoms. The van der Waals surface area contributed by atoms with Crippen molar-refractivity contribution in [2.45, 2.75) is 235 Å². The molecule has 11 rings (SSSR count). The molecule has 0 amide bonds. The molecular weight excluding hydrogens is 1390 g/mol. The standard InChI is InChI=1S/C79H109N3O25/c1-44-59(41-92-37-50-21-11-7-12-22-50)100-77(95-32-20-10-19-31-81-82-80)65(89)69(44)103-75-48(5)72(63(87)57(35-84)98-75)106-79-67(91)71(46(3)61(102-79)43-94-39-52-25-15-9-16-26-52)105-76-49(6)73(64(88)58(36-85)99-76)107-78-66(90)70(45(2)60(101-78)42-93-38-51-23-13-8-14-24-51)104-74-47(4)68(62(86)56(34-83)97-74)96-40-53-29-30-54-27-17-18-28-55(54)33-53/h7-9,11-18,21-30,33,44-49,56-79,83-91H,10,19-20,31-32,34-43H2,1-6H3/t44-,45-,46-,47?,48?,49?,56?,57?,58?,59?,60?,61?,62?,63?,64?,65?,66?,67?,68?,69-,70-,71-,72?,73?,74?,75?,76?,77+,78-,79-/m0/s1. The maximum absolute atomic E-state index is 12.8. The second kappa shape index (κ2) is 40.2. The SMILES string of the molecule is CC1C(O[C@@H]2C(O)[C@H](OC3C(C)C(O[C@@H]4C(O)[C@H](OC5C(C)C(O[C@@H]6C(O)[C@H](OCCCCCN=[N+]=[N-])OC(COCc7ccccc7)[C@@H]6C)OC(CO)C5O)OC(COCc5ccccc5)[C@@H]4C)OC(CO)C3O)OC(COCc3ccccc3)[C@@H]2C)OC(CO)C(O)C1OCc1ccc2ccccc2c1. The Morgan fingerprint density at radius 1 is 0.346 bits per heavy atom. The van der Waals surface area contributed by atoms with E-state index in [1.54, 1.807) is 27.7 Å². The zero-order valence-electron chi connectivity index (χ0n) is 61.5. The fourth-order valence-electron chi connectivity index (χ4n) is 15.1. The van der Waals surface area contributed by atoms with Crippen LogP contribution in [0.3, 0.4) is 0 Å². The fourth-order valence-corrected chi connectivity index (χ4v) is 15.1. The van der Waals surface area contributed by atoms with Crippen molar-refractivity contribution >= 4 is 10.8 Å². The topological polar surface area (TPSA) is 379 Å². The van der Waals surface area contributed by atoms with E-state index in [0.717, 1.165) is 33.0 Å². The molecule has 21 unspecified atom stereocenters. The number of hydrogen-bond acceptors (Lipinski definition) is 26. The van der Waals surface area contributed by atoms with Crippen LogP contribution in [0.4, 0.5) is 0 Å². The molecule has 6 heterocycles. The van der Waals surface area contributed by atoms with Gasteiger partial charge in [0, 0.05) is 53.6 Å². The van der Waals surface area contributed by atoms with E-state index in [1.165, 1.54) is 0 Å². The van der Waals surface area contributed by atoms with E-state index in [4.69, 9.17) is 81.3 Å². The van der Waals surface area contributed by atoms with Crippen LogP contribution in [0, 0.1) is 35.5 Å². The average Bonchev–Trinajstić information content (AvgIpc) is 0.775. The van der Waals surface area contributed by atoms with Crippen LogP contribution in [-0.2, 0) is 102 Å². The maximum Gasteiger partial charge on any atom is 0.186 e. The summed E-state index contributed by atoms with van der Waals surface area (Å²) in [6.45, 7) is 9.95. The number of rotatable bonds is 35. The van der Waals surface area contributed by atoms with Crippen molar-refractivity contribution in [3.05, 3.63) is 166 Å². The van der Waals surface area contributed by atoms with Crippen molar-refractivity contribution in [2.24, 2.45) is 40.6 Å². The predicted octanol–water partition coefficient (Wildman–Crippen LogP) is 6.11. The lowest BCUT2D eigenvalue weighted by Gasteiger charge is -2.51. The number of aliphatic hydroxyl groups excluding tert-OH is 9. The number of benzene rings is 5. The smallest absolute Gasteiger partial charge is 0.186 e. The first kappa shape index (κ1) is 82.6. The molecule has 0 saturated carbocycles. The number of azide groups is 1. The number of fused-ring (bicyclic) bond motifs is 1. The van der Waals surface area contributed by atoms with Crippen LogP contribution in [0.1, 0.15) is 83.1 Å². The first-order valence-electron chi connectivity index (χ1n) is 37.6. The molecule has 6 aliphatic rings. The molecular formula is C79H109N3O25. The Morgan fingerprint density at radius 2 is 0.701 bits per heavy atom. The summed E-state index contributed by atoms with van der Waals surface area (Å²) < 4.78 is 104. The molecule has 6 fully saturated rings. The highest BCUT2D eigenvalue weighted by Crippen LogP contribution is 2.43. The minimum absolute atomic E-state index is 0.0160. The molecule has 0 spiro atoms. The molecule has 9 N–H and O–H groups in total. The van der Waals surface area contributed by atoms with Crippen LogP contribution in [0.15, 0.2) is 139 Å². The molecule has 6 aliphatic heterocycles. The highest BCUT2D eigenvalue weighted by molar-refractivity contribution is 5.83. The molecule has 0 bridgehead atoms. The van der Waals surface area contributed by atoms with Gasteiger partial charge < -0.3 is 122 Å². The maximum atomic E-state index is 12.8. The molecule has 5 aromatic rings. The van der Waals surface area contributed by atoms with Gasteiger partial charge in [-0.2, -0.15) is 0 Å². The van der Waals surface area contributed by atoms with Gasteiger partial charge in [0.2, 0.25) is 0 Å². The van der Waals surface area contributed by atoms with E-state index in [-0.39, 0.29) is 52.9 Å². The zero-order valence-corrected chi connectivity index (χ0v) is 61.5. The van der Waals surface area contributed by atoms with Gasteiger partial charge in [-0.25, -0.2) is 0 Å². The van der Waals surface area contributed by atoms with E-state index in [9.17, 15) is 46.0 Å². The van der Waals surface area contributed by atoms with Crippen LogP contribution < -0.4 is 0 Å². The Bertz CT molecular complexity index is 3470. The second-order valence-corrected chi connectivity index (χ2v) is 29.3. The molecule has 6 saturated heterocycles. The largest absolute Gasteiger partial charge is 0.394 e. The molecule has 28 nitrogen and oxygen atoms in total. The van der Waals surface area contributed by atoms with E-state index in [1.807, 2.05) is 147 Å². The normalized spacial score (nSPS) is 37.6. The van der Waals surface area contributed by atoms with Gasteiger partial charge in [0.05, 0.1) is 121 Å². The Hall–Kier alpha value is -5.33. The summed E-state index contributed by atoms with van der Waals surface area (Å²) in [5.41, 5.74) is 12.3.